The van der Waals surface area contributed by atoms with E-state index in [1.54, 1.807) is 11.3 Å². The number of aromatic nitrogens is 1. The van der Waals surface area contributed by atoms with Crippen molar-refractivity contribution in [3.8, 4) is 0 Å². The fourth-order valence-corrected chi connectivity index (χ4v) is 2.49. The molecule has 78 valence electrons. The Morgan fingerprint density at radius 1 is 1.64 bits per heavy atom. The second-order valence-electron chi connectivity index (χ2n) is 4.17. The van der Waals surface area contributed by atoms with Crippen LogP contribution in [0.4, 0.5) is 0 Å². The van der Waals surface area contributed by atoms with E-state index in [9.17, 15) is 0 Å². The minimum Gasteiger partial charge on any atom is -0.324 e. The molecule has 1 heterocycles. The Morgan fingerprint density at radius 3 is 2.93 bits per heavy atom. The van der Waals surface area contributed by atoms with Gasteiger partial charge in [0.1, 0.15) is 0 Å². The lowest BCUT2D eigenvalue weighted by Gasteiger charge is -2.38. The summed E-state index contributed by atoms with van der Waals surface area (Å²) in [6.45, 7) is 3.87. The lowest BCUT2D eigenvalue weighted by atomic mass is 9.78. The molecule has 0 bridgehead atoms. The molecule has 0 amide bonds. The van der Waals surface area contributed by atoms with Crippen LogP contribution in [0.5, 0.6) is 0 Å². The minimum atomic E-state index is 0.0831. The van der Waals surface area contributed by atoms with E-state index in [2.05, 4.69) is 10.3 Å². The highest BCUT2D eigenvalue weighted by Crippen LogP contribution is 2.28. The van der Waals surface area contributed by atoms with Gasteiger partial charge in [-0.2, -0.15) is 0 Å². The highest BCUT2D eigenvalue weighted by atomic mass is 32.1. The second-order valence-corrected chi connectivity index (χ2v) is 5.48. The second kappa shape index (κ2) is 3.96. The third-order valence-electron chi connectivity index (χ3n) is 2.79. The van der Waals surface area contributed by atoms with Gasteiger partial charge < -0.3 is 11.1 Å². The van der Waals surface area contributed by atoms with Crippen LogP contribution in [0.3, 0.4) is 0 Å². The van der Waals surface area contributed by atoms with E-state index in [4.69, 9.17) is 5.73 Å². The van der Waals surface area contributed by atoms with Crippen molar-refractivity contribution in [2.24, 2.45) is 5.73 Å². The Morgan fingerprint density at radius 2 is 2.43 bits per heavy atom. The zero-order valence-corrected chi connectivity index (χ0v) is 9.36. The van der Waals surface area contributed by atoms with E-state index in [0.717, 1.165) is 18.1 Å². The standard InChI is InChI=1S/C10H17N3S/c1-8-13-6-9(14-8)5-12-7-10(11)3-2-4-10/h6,12H,2-5,7,11H2,1H3. The highest BCUT2D eigenvalue weighted by Gasteiger charge is 2.31. The predicted molar refractivity (Wildman–Crippen MR) is 59.3 cm³/mol. The molecule has 1 saturated carbocycles. The fourth-order valence-electron chi connectivity index (χ4n) is 1.73. The van der Waals surface area contributed by atoms with Gasteiger partial charge in [-0.3, -0.25) is 0 Å². The van der Waals surface area contributed by atoms with E-state index in [0.29, 0.717) is 0 Å². The number of aryl methyl sites for hydroxylation is 1. The van der Waals surface area contributed by atoms with Crippen molar-refractivity contribution < 1.29 is 0 Å². The van der Waals surface area contributed by atoms with Crippen LogP contribution in [0.1, 0.15) is 29.1 Å². The number of nitrogens with one attached hydrogen (secondary N) is 1. The van der Waals surface area contributed by atoms with Gasteiger partial charge in [-0.25, -0.2) is 4.98 Å². The van der Waals surface area contributed by atoms with E-state index >= 15 is 0 Å². The first-order valence-electron chi connectivity index (χ1n) is 5.09. The molecule has 0 unspecified atom stereocenters. The van der Waals surface area contributed by atoms with Crippen LogP contribution >= 0.6 is 11.3 Å². The van der Waals surface area contributed by atoms with Crippen molar-refractivity contribution in [1.82, 2.24) is 10.3 Å². The molecule has 0 radical (unpaired) electrons. The van der Waals surface area contributed by atoms with E-state index in [-0.39, 0.29) is 5.54 Å². The number of nitrogens with zero attached hydrogens (tertiary/aromatic N) is 1. The lowest BCUT2D eigenvalue weighted by molar-refractivity contribution is 0.239. The summed E-state index contributed by atoms with van der Waals surface area (Å²) >= 11 is 1.75. The Labute approximate surface area is 88.7 Å². The molecular formula is C10H17N3S. The Bertz CT molecular complexity index is 304. The van der Waals surface area contributed by atoms with E-state index in [1.165, 1.54) is 24.1 Å². The van der Waals surface area contributed by atoms with Crippen LogP contribution in [0, 0.1) is 6.92 Å². The third-order valence-corrected chi connectivity index (χ3v) is 3.71. The molecule has 1 aromatic heterocycles. The van der Waals surface area contributed by atoms with Crippen molar-refractivity contribution in [3.05, 3.63) is 16.1 Å². The van der Waals surface area contributed by atoms with Gasteiger partial charge in [0.15, 0.2) is 0 Å². The maximum absolute atomic E-state index is 6.10. The molecule has 0 atom stereocenters. The monoisotopic (exact) mass is 211 g/mol. The van der Waals surface area contributed by atoms with Crippen molar-refractivity contribution in [2.45, 2.75) is 38.3 Å². The van der Waals surface area contributed by atoms with Gasteiger partial charge in [0.25, 0.3) is 0 Å². The van der Waals surface area contributed by atoms with Gasteiger partial charge in [-0.1, -0.05) is 0 Å². The Balaban J connectivity index is 1.72. The summed E-state index contributed by atoms with van der Waals surface area (Å²) < 4.78 is 0. The molecule has 1 aliphatic rings. The molecule has 0 aliphatic heterocycles. The van der Waals surface area contributed by atoms with Crippen LogP contribution in [0.2, 0.25) is 0 Å². The molecule has 1 aromatic rings. The zero-order chi connectivity index (χ0) is 10.0. The zero-order valence-electron chi connectivity index (χ0n) is 8.55. The van der Waals surface area contributed by atoms with Crippen molar-refractivity contribution in [1.29, 1.82) is 0 Å². The number of nitrogens with two attached hydrogens (primary N) is 1. The topological polar surface area (TPSA) is 50.9 Å². The van der Waals surface area contributed by atoms with Gasteiger partial charge in [-0.15, -0.1) is 11.3 Å². The van der Waals surface area contributed by atoms with Gasteiger partial charge in [0.05, 0.1) is 5.01 Å². The largest absolute Gasteiger partial charge is 0.324 e. The SMILES string of the molecule is Cc1ncc(CNCC2(N)CCC2)s1. The molecule has 1 fully saturated rings. The number of thiazole rings is 1. The highest BCUT2D eigenvalue weighted by molar-refractivity contribution is 7.11. The van der Waals surface area contributed by atoms with Crippen LogP contribution in [-0.4, -0.2) is 17.1 Å². The summed E-state index contributed by atoms with van der Waals surface area (Å²) in [5.74, 6) is 0. The first-order chi connectivity index (χ1) is 6.68. The fraction of sp³-hybridized carbons (Fsp3) is 0.700. The summed E-state index contributed by atoms with van der Waals surface area (Å²) in [4.78, 5) is 5.51. The minimum absolute atomic E-state index is 0.0831. The summed E-state index contributed by atoms with van der Waals surface area (Å²) in [6.07, 6.45) is 5.57. The predicted octanol–water partition coefficient (Wildman–Crippen LogP) is 1.42. The average molecular weight is 211 g/mol. The molecular weight excluding hydrogens is 194 g/mol. The average Bonchev–Trinajstić information content (AvgIpc) is 2.49. The maximum atomic E-state index is 6.10. The van der Waals surface area contributed by atoms with Gasteiger partial charge in [0.2, 0.25) is 0 Å². The summed E-state index contributed by atoms with van der Waals surface area (Å²) in [6, 6.07) is 0. The van der Waals surface area contributed by atoms with Crippen LogP contribution in [0.25, 0.3) is 0 Å². The van der Waals surface area contributed by atoms with Crippen molar-refractivity contribution >= 4 is 11.3 Å². The van der Waals surface area contributed by atoms with E-state index in [1.807, 2.05) is 13.1 Å². The quantitative estimate of drug-likeness (QED) is 0.792. The Kier molecular flexibility index (Phi) is 2.85. The van der Waals surface area contributed by atoms with Crippen LogP contribution in [0.15, 0.2) is 6.20 Å². The number of rotatable bonds is 4. The smallest absolute Gasteiger partial charge is 0.0897 e. The molecule has 2 rings (SSSR count). The first kappa shape index (κ1) is 10.1. The first-order valence-corrected chi connectivity index (χ1v) is 5.91. The molecule has 3 N–H and O–H groups in total. The van der Waals surface area contributed by atoms with Gasteiger partial charge in [-0.05, 0) is 26.2 Å². The summed E-state index contributed by atoms with van der Waals surface area (Å²) in [5, 5.41) is 4.54. The molecule has 4 heteroatoms. The summed E-state index contributed by atoms with van der Waals surface area (Å²) in [7, 11) is 0. The molecule has 0 spiro atoms. The van der Waals surface area contributed by atoms with Crippen LogP contribution in [-0.2, 0) is 6.54 Å². The lowest BCUT2D eigenvalue weighted by Crippen LogP contribution is -2.53. The van der Waals surface area contributed by atoms with Crippen molar-refractivity contribution in [2.75, 3.05) is 6.54 Å². The molecule has 0 saturated heterocycles. The Hall–Kier alpha value is -0.450. The van der Waals surface area contributed by atoms with Crippen LogP contribution < -0.4 is 11.1 Å². The van der Waals surface area contributed by atoms with E-state index < -0.39 is 0 Å². The maximum Gasteiger partial charge on any atom is 0.0897 e. The van der Waals surface area contributed by atoms with Gasteiger partial charge in [0, 0.05) is 29.7 Å². The third kappa shape index (κ3) is 2.32. The van der Waals surface area contributed by atoms with Gasteiger partial charge >= 0.3 is 0 Å². The van der Waals surface area contributed by atoms with Crippen molar-refractivity contribution in [3.63, 3.8) is 0 Å². The molecule has 14 heavy (non-hydrogen) atoms. The normalized spacial score (nSPS) is 19.3. The number of hydrogen-bond acceptors (Lipinski definition) is 4. The number of hydrogen-bond donors (Lipinski definition) is 2. The summed E-state index contributed by atoms with van der Waals surface area (Å²) in [5.41, 5.74) is 6.18. The molecule has 0 aromatic carbocycles. The molecule has 3 nitrogen and oxygen atoms in total. The molecule has 1 aliphatic carbocycles.